The van der Waals surface area contributed by atoms with Crippen LogP contribution in [0.5, 0.6) is 0 Å². The highest BCUT2D eigenvalue weighted by molar-refractivity contribution is 5.93. The Kier molecular flexibility index (Phi) is 2.50. The number of nitrogen functional groups attached to an aromatic ring is 1. The van der Waals surface area contributed by atoms with Crippen LogP contribution in [-0.2, 0) is 6.42 Å². The number of nitrogens with zero attached hydrogens (tertiary/aromatic N) is 1. The summed E-state index contributed by atoms with van der Waals surface area (Å²) < 4.78 is 0. The van der Waals surface area contributed by atoms with Crippen molar-refractivity contribution in [1.29, 1.82) is 5.26 Å². The minimum absolute atomic E-state index is 0.187. The molecule has 0 fully saturated rings. The van der Waals surface area contributed by atoms with Gasteiger partial charge in [0, 0.05) is 11.3 Å². The third kappa shape index (κ3) is 1.97. The number of anilines is 1. The summed E-state index contributed by atoms with van der Waals surface area (Å²) in [6.45, 7) is 0. The zero-order valence-corrected chi connectivity index (χ0v) is 6.95. The van der Waals surface area contributed by atoms with Gasteiger partial charge in [-0.15, -0.1) is 0 Å². The predicted octanol–water partition coefficient (Wildman–Crippen LogP) is 0.434. The lowest BCUT2D eigenvalue weighted by Gasteiger charge is -2.02. The monoisotopic (exact) mass is 175 g/mol. The molecule has 0 aliphatic heterocycles. The molecule has 0 saturated heterocycles. The van der Waals surface area contributed by atoms with E-state index < -0.39 is 5.91 Å². The molecule has 0 radical (unpaired) electrons. The average Bonchev–Trinajstić information content (AvgIpc) is 2.08. The second-order valence-corrected chi connectivity index (χ2v) is 2.61. The van der Waals surface area contributed by atoms with E-state index >= 15 is 0 Å². The number of hydrogen-bond acceptors (Lipinski definition) is 3. The van der Waals surface area contributed by atoms with Crippen molar-refractivity contribution in [2.75, 3.05) is 5.73 Å². The number of carbonyl (C=O) groups is 1. The summed E-state index contributed by atoms with van der Waals surface area (Å²) in [5, 5.41) is 8.45. The minimum Gasteiger partial charge on any atom is -0.398 e. The van der Waals surface area contributed by atoms with Gasteiger partial charge in [-0.3, -0.25) is 4.79 Å². The fraction of sp³-hybridized carbons (Fsp3) is 0.111. The number of primary amides is 1. The molecule has 0 aliphatic rings. The van der Waals surface area contributed by atoms with Crippen molar-refractivity contribution >= 4 is 11.6 Å². The second kappa shape index (κ2) is 3.59. The molecule has 1 rings (SSSR count). The van der Waals surface area contributed by atoms with Crippen LogP contribution >= 0.6 is 0 Å². The van der Waals surface area contributed by atoms with E-state index in [0.717, 1.165) is 0 Å². The minimum atomic E-state index is -0.515. The number of rotatable bonds is 2. The summed E-state index contributed by atoms with van der Waals surface area (Å²) in [4.78, 5) is 10.8. The molecule has 0 aromatic heterocycles. The van der Waals surface area contributed by atoms with Crippen LogP contribution < -0.4 is 11.5 Å². The van der Waals surface area contributed by atoms with Crippen molar-refractivity contribution in [2.45, 2.75) is 6.42 Å². The summed E-state index contributed by atoms with van der Waals surface area (Å²) >= 11 is 0. The molecule has 0 spiro atoms. The summed E-state index contributed by atoms with van der Waals surface area (Å²) in [5.74, 6) is -0.515. The number of amides is 1. The van der Waals surface area contributed by atoms with E-state index in [1.807, 2.05) is 6.07 Å². The van der Waals surface area contributed by atoms with Crippen LogP contribution in [0.25, 0.3) is 0 Å². The Morgan fingerprint density at radius 1 is 1.54 bits per heavy atom. The van der Waals surface area contributed by atoms with Crippen molar-refractivity contribution in [1.82, 2.24) is 0 Å². The fourth-order valence-electron chi connectivity index (χ4n) is 0.997. The number of carbonyl (C=O) groups excluding carboxylic acids is 1. The number of nitriles is 1. The van der Waals surface area contributed by atoms with Gasteiger partial charge in [0.05, 0.1) is 12.5 Å². The maximum absolute atomic E-state index is 10.8. The number of nitrogens with two attached hydrogens (primary N) is 2. The summed E-state index contributed by atoms with van der Waals surface area (Å²) in [6.07, 6.45) is 0.187. The van der Waals surface area contributed by atoms with Gasteiger partial charge in [0.2, 0.25) is 5.91 Å². The Labute approximate surface area is 75.8 Å². The number of benzene rings is 1. The molecule has 4 heteroatoms. The quantitative estimate of drug-likeness (QED) is 0.638. The molecule has 4 nitrogen and oxygen atoms in total. The van der Waals surface area contributed by atoms with Gasteiger partial charge in [0.25, 0.3) is 0 Å². The molecular weight excluding hydrogens is 166 g/mol. The van der Waals surface area contributed by atoms with E-state index in [9.17, 15) is 4.79 Å². The standard InChI is InChI=1S/C9H9N3O/c10-4-3-6-5-7(9(12)13)1-2-8(6)11/h1-2,5H,3,11H2,(H2,12,13). The van der Waals surface area contributed by atoms with Crippen LogP contribution in [0.15, 0.2) is 18.2 Å². The lowest BCUT2D eigenvalue weighted by Crippen LogP contribution is -2.11. The van der Waals surface area contributed by atoms with Crippen molar-refractivity contribution in [3.8, 4) is 6.07 Å². The first-order chi connectivity index (χ1) is 6.15. The normalized spacial score (nSPS) is 9.15. The average molecular weight is 175 g/mol. The molecule has 0 unspecified atom stereocenters. The molecule has 1 amide bonds. The summed E-state index contributed by atoms with van der Waals surface area (Å²) in [7, 11) is 0. The van der Waals surface area contributed by atoms with E-state index in [1.54, 1.807) is 18.2 Å². The van der Waals surface area contributed by atoms with E-state index in [1.165, 1.54) is 0 Å². The highest BCUT2D eigenvalue weighted by Crippen LogP contribution is 2.14. The lowest BCUT2D eigenvalue weighted by molar-refractivity contribution is 0.100. The Balaban J connectivity index is 3.12. The molecule has 4 N–H and O–H groups in total. The Bertz CT molecular complexity index is 379. The van der Waals surface area contributed by atoms with Crippen molar-refractivity contribution in [3.63, 3.8) is 0 Å². The highest BCUT2D eigenvalue weighted by atomic mass is 16.1. The van der Waals surface area contributed by atoms with E-state index in [0.29, 0.717) is 16.8 Å². The van der Waals surface area contributed by atoms with Gasteiger partial charge in [0.15, 0.2) is 0 Å². The lowest BCUT2D eigenvalue weighted by atomic mass is 10.1. The highest BCUT2D eigenvalue weighted by Gasteiger charge is 2.04. The first-order valence-corrected chi connectivity index (χ1v) is 3.70. The van der Waals surface area contributed by atoms with Gasteiger partial charge in [-0.1, -0.05) is 0 Å². The van der Waals surface area contributed by atoms with Crippen molar-refractivity contribution in [3.05, 3.63) is 29.3 Å². The van der Waals surface area contributed by atoms with Gasteiger partial charge in [-0.2, -0.15) is 5.26 Å². The molecule has 0 heterocycles. The molecular formula is C9H9N3O. The van der Waals surface area contributed by atoms with Gasteiger partial charge in [-0.05, 0) is 23.8 Å². The van der Waals surface area contributed by atoms with Crippen LogP contribution in [0.2, 0.25) is 0 Å². The third-order valence-electron chi connectivity index (χ3n) is 1.70. The maximum atomic E-state index is 10.8. The van der Waals surface area contributed by atoms with Crippen LogP contribution in [0.4, 0.5) is 5.69 Å². The maximum Gasteiger partial charge on any atom is 0.248 e. The molecule has 13 heavy (non-hydrogen) atoms. The van der Waals surface area contributed by atoms with Crippen LogP contribution in [0.3, 0.4) is 0 Å². The fourth-order valence-corrected chi connectivity index (χ4v) is 0.997. The SMILES string of the molecule is N#CCc1cc(C(N)=O)ccc1N. The third-order valence-corrected chi connectivity index (χ3v) is 1.70. The molecule has 0 bridgehead atoms. The Hall–Kier alpha value is -2.02. The zero-order valence-electron chi connectivity index (χ0n) is 6.95. The number of hydrogen-bond donors (Lipinski definition) is 2. The largest absolute Gasteiger partial charge is 0.398 e. The Morgan fingerprint density at radius 3 is 2.77 bits per heavy atom. The van der Waals surface area contributed by atoms with Gasteiger partial charge in [-0.25, -0.2) is 0 Å². The van der Waals surface area contributed by atoms with E-state index in [-0.39, 0.29) is 6.42 Å². The second-order valence-electron chi connectivity index (χ2n) is 2.61. The van der Waals surface area contributed by atoms with E-state index in [2.05, 4.69) is 0 Å². The van der Waals surface area contributed by atoms with Gasteiger partial charge >= 0.3 is 0 Å². The van der Waals surface area contributed by atoms with Crippen molar-refractivity contribution in [2.24, 2.45) is 5.73 Å². The van der Waals surface area contributed by atoms with Gasteiger partial charge in [0.1, 0.15) is 0 Å². The molecule has 0 saturated carbocycles. The molecule has 66 valence electrons. The van der Waals surface area contributed by atoms with E-state index in [4.69, 9.17) is 16.7 Å². The smallest absolute Gasteiger partial charge is 0.248 e. The molecule has 1 aromatic carbocycles. The topological polar surface area (TPSA) is 92.9 Å². The summed E-state index contributed by atoms with van der Waals surface area (Å²) in [5.41, 5.74) is 12.2. The summed E-state index contributed by atoms with van der Waals surface area (Å²) in [6, 6.07) is 6.62. The first-order valence-electron chi connectivity index (χ1n) is 3.70. The van der Waals surface area contributed by atoms with Crippen LogP contribution in [0.1, 0.15) is 15.9 Å². The van der Waals surface area contributed by atoms with Crippen LogP contribution in [0, 0.1) is 11.3 Å². The van der Waals surface area contributed by atoms with Gasteiger partial charge < -0.3 is 11.5 Å². The predicted molar refractivity (Wildman–Crippen MR) is 48.7 cm³/mol. The Morgan fingerprint density at radius 2 is 2.23 bits per heavy atom. The molecule has 1 aromatic rings. The van der Waals surface area contributed by atoms with Crippen molar-refractivity contribution < 1.29 is 4.79 Å². The molecule has 0 atom stereocenters. The first kappa shape index (κ1) is 9.07. The van der Waals surface area contributed by atoms with Crippen LogP contribution in [-0.4, -0.2) is 5.91 Å². The zero-order chi connectivity index (χ0) is 9.84. The molecule has 0 aliphatic carbocycles.